The summed E-state index contributed by atoms with van der Waals surface area (Å²) in [5.74, 6) is 1.79. The lowest BCUT2D eigenvalue weighted by molar-refractivity contribution is 0.462. The van der Waals surface area contributed by atoms with E-state index < -0.39 is 0 Å². The molecule has 4 heteroatoms. The Balaban J connectivity index is 1.63. The number of hydrogen-bond donors (Lipinski definition) is 2. The Bertz CT molecular complexity index is 579. The Morgan fingerprint density at radius 3 is 2.50 bits per heavy atom. The van der Waals surface area contributed by atoms with Crippen molar-refractivity contribution in [2.75, 3.05) is 10.6 Å². The maximum absolute atomic E-state index is 4.35. The highest BCUT2D eigenvalue weighted by Gasteiger charge is 2.14. The molecule has 1 atom stereocenters. The van der Waals surface area contributed by atoms with Crippen LogP contribution in [0.4, 0.5) is 11.6 Å². The molecule has 0 bridgehead atoms. The molecule has 1 fully saturated rings. The van der Waals surface area contributed by atoms with Gasteiger partial charge in [0, 0.05) is 18.2 Å². The number of aromatic nitrogens is 2. The quantitative estimate of drug-likeness (QED) is 0.859. The van der Waals surface area contributed by atoms with Crippen LogP contribution >= 0.6 is 0 Å². The fourth-order valence-corrected chi connectivity index (χ4v) is 3.02. The maximum Gasteiger partial charge on any atom is 0.131 e. The molecular formula is C18H24N4. The van der Waals surface area contributed by atoms with Gasteiger partial charge < -0.3 is 10.6 Å². The van der Waals surface area contributed by atoms with Crippen LogP contribution in [0.2, 0.25) is 0 Å². The third-order valence-electron chi connectivity index (χ3n) is 4.29. The Labute approximate surface area is 132 Å². The molecule has 22 heavy (non-hydrogen) atoms. The summed E-state index contributed by atoms with van der Waals surface area (Å²) in [5, 5.41) is 6.99. The monoisotopic (exact) mass is 296 g/mol. The maximum atomic E-state index is 4.35. The van der Waals surface area contributed by atoms with E-state index in [9.17, 15) is 0 Å². The van der Waals surface area contributed by atoms with E-state index in [-0.39, 0.29) is 6.04 Å². The van der Waals surface area contributed by atoms with Crippen molar-refractivity contribution in [1.29, 1.82) is 0 Å². The van der Waals surface area contributed by atoms with E-state index >= 15 is 0 Å². The van der Waals surface area contributed by atoms with Gasteiger partial charge in [-0.15, -0.1) is 0 Å². The highest BCUT2D eigenvalue weighted by Crippen LogP contribution is 2.22. The van der Waals surface area contributed by atoms with E-state index in [1.54, 1.807) is 6.33 Å². The van der Waals surface area contributed by atoms with Crippen LogP contribution in [0.1, 0.15) is 50.6 Å². The lowest BCUT2D eigenvalue weighted by Crippen LogP contribution is -2.23. The van der Waals surface area contributed by atoms with Crippen LogP contribution in [0.25, 0.3) is 0 Å². The molecule has 1 saturated carbocycles. The predicted octanol–water partition coefficient (Wildman–Crippen LogP) is 4.39. The van der Waals surface area contributed by atoms with E-state index in [0.717, 1.165) is 11.6 Å². The highest BCUT2D eigenvalue weighted by molar-refractivity contribution is 5.48. The number of nitrogens with zero attached hydrogens (tertiary/aromatic N) is 2. The van der Waals surface area contributed by atoms with Gasteiger partial charge in [0.25, 0.3) is 0 Å². The summed E-state index contributed by atoms with van der Waals surface area (Å²) >= 11 is 0. The fourth-order valence-electron chi connectivity index (χ4n) is 3.02. The molecule has 0 saturated heterocycles. The van der Waals surface area contributed by atoms with Crippen molar-refractivity contribution >= 4 is 11.6 Å². The number of nitrogens with one attached hydrogen (secondary N) is 2. The minimum absolute atomic E-state index is 0.221. The van der Waals surface area contributed by atoms with E-state index in [0.29, 0.717) is 6.04 Å². The zero-order valence-corrected chi connectivity index (χ0v) is 13.1. The van der Waals surface area contributed by atoms with Gasteiger partial charge >= 0.3 is 0 Å². The molecule has 4 nitrogen and oxygen atoms in total. The molecule has 3 rings (SSSR count). The average molecular weight is 296 g/mol. The van der Waals surface area contributed by atoms with Gasteiger partial charge in [0.15, 0.2) is 0 Å². The molecular weight excluding hydrogens is 272 g/mol. The number of benzene rings is 1. The third kappa shape index (κ3) is 3.97. The van der Waals surface area contributed by atoms with Gasteiger partial charge in [-0.1, -0.05) is 49.6 Å². The van der Waals surface area contributed by atoms with Crippen LogP contribution < -0.4 is 10.6 Å². The van der Waals surface area contributed by atoms with Crippen molar-refractivity contribution in [1.82, 2.24) is 9.97 Å². The van der Waals surface area contributed by atoms with Gasteiger partial charge in [-0.25, -0.2) is 9.97 Å². The zero-order valence-electron chi connectivity index (χ0n) is 13.1. The second kappa shape index (κ2) is 7.25. The topological polar surface area (TPSA) is 49.8 Å². The van der Waals surface area contributed by atoms with Gasteiger partial charge in [-0.3, -0.25) is 0 Å². The minimum atomic E-state index is 0.221. The molecule has 1 unspecified atom stereocenters. The standard InChI is InChI=1S/C18H24N4/c1-14(15-8-4-2-5-9-15)21-17-12-18(20-13-19-17)22-16-10-6-3-7-11-16/h2,4-5,8-9,12-14,16H,3,6-7,10-11H2,1H3,(H2,19,20,21,22). The summed E-state index contributed by atoms with van der Waals surface area (Å²) in [5.41, 5.74) is 1.25. The Morgan fingerprint density at radius 2 is 1.73 bits per heavy atom. The molecule has 1 aromatic carbocycles. The first-order valence-electron chi connectivity index (χ1n) is 8.21. The van der Waals surface area contributed by atoms with E-state index in [1.165, 1.54) is 37.7 Å². The van der Waals surface area contributed by atoms with Gasteiger partial charge in [-0.05, 0) is 25.3 Å². The van der Waals surface area contributed by atoms with Gasteiger partial charge in [-0.2, -0.15) is 0 Å². The molecule has 1 aliphatic carbocycles. The van der Waals surface area contributed by atoms with Crippen LogP contribution in [-0.4, -0.2) is 16.0 Å². The second-order valence-electron chi connectivity index (χ2n) is 6.04. The van der Waals surface area contributed by atoms with Crippen LogP contribution in [0.3, 0.4) is 0 Å². The van der Waals surface area contributed by atoms with Gasteiger partial charge in [0.2, 0.25) is 0 Å². The number of anilines is 2. The summed E-state index contributed by atoms with van der Waals surface area (Å²) in [7, 11) is 0. The molecule has 2 N–H and O–H groups in total. The minimum Gasteiger partial charge on any atom is -0.367 e. The lowest BCUT2D eigenvalue weighted by atomic mass is 9.95. The van der Waals surface area contributed by atoms with Gasteiger partial charge in [0.1, 0.15) is 18.0 Å². The first kappa shape index (κ1) is 14.8. The first-order valence-corrected chi connectivity index (χ1v) is 8.21. The summed E-state index contributed by atoms with van der Waals surface area (Å²) in [4.78, 5) is 8.69. The van der Waals surface area contributed by atoms with E-state index in [4.69, 9.17) is 0 Å². The Hall–Kier alpha value is -2.10. The van der Waals surface area contributed by atoms with E-state index in [1.807, 2.05) is 12.1 Å². The van der Waals surface area contributed by atoms with Crippen LogP contribution in [0, 0.1) is 0 Å². The molecule has 1 aromatic heterocycles. The van der Waals surface area contributed by atoms with Crippen molar-refractivity contribution in [3.63, 3.8) is 0 Å². The normalized spacial score (nSPS) is 17.0. The van der Waals surface area contributed by atoms with Crippen molar-refractivity contribution in [3.8, 4) is 0 Å². The van der Waals surface area contributed by atoms with Crippen molar-refractivity contribution < 1.29 is 0 Å². The van der Waals surface area contributed by atoms with Gasteiger partial charge in [0.05, 0.1) is 0 Å². The Kier molecular flexibility index (Phi) is 4.88. The third-order valence-corrected chi connectivity index (χ3v) is 4.29. The molecule has 0 spiro atoms. The average Bonchev–Trinajstić information content (AvgIpc) is 2.57. The second-order valence-corrected chi connectivity index (χ2v) is 6.04. The molecule has 1 heterocycles. The largest absolute Gasteiger partial charge is 0.367 e. The fraction of sp³-hybridized carbons (Fsp3) is 0.444. The number of hydrogen-bond acceptors (Lipinski definition) is 4. The van der Waals surface area contributed by atoms with Crippen LogP contribution in [0.5, 0.6) is 0 Å². The lowest BCUT2D eigenvalue weighted by Gasteiger charge is -2.23. The zero-order chi connectivity index (χ0) is 15.2. The van der Waals surface area contributed by atoms with Crippen LogP contribution in [0.15, 0.2) is 42.7 Å². The molecule has 0 aliphatic heterocycles. The van der Waals surface area contributed by atoms with Crippen molar-refractivity contribution in [3.05, 3.63) is 48.3 Å². The summed E-state index contributed by atoms with van der Waals surface area (Å²) in [6, 6.07) is 13.2. The highest BCUT2D eigenvalue weighted by atomic mass is 15.1. The molecule has 0 amide bonds. The predicted molar refractivity (Wildman–Crippen MR) is 91.0 cm³/mol. The number of rotatable bonds is 5. The van der Waals surface area contributed by atoms with Crippen molar-refractivity contribution in [2.45, 2.75) is 51.1 Å². The van der Waals surface area contributed by atoms with E-state index in [2.05, 4.69) is 51.8 Å². The smallest absolute Gasteiger partial charge is 0.131 e. The summed E-state index contributed by atoms with van der Waals surface area (Å²) < 4.78 is 0. The summed E-state index contributed by atoms with van der Waals surface area (Å²) in [6.45, 7) is 2.14. The summed E-state index contributed by atoms with van der Waals surface area (Å²) in [6.07, 6.45) is 8.12. The molecule has 1 aliphatic rings. The SMILES string of the molecule is CC(Nc1cc(NC2CCCCC2)ncn1)c1ccccc1. The molecule has 0 radical (unpaired) electrons. The molecule has 2 aromatic rings. The van der Waals surface area contributed by atoms with Crippen LogP contribution in [-0.2, 0) is 0 Å². The Morgan fingerprint density at radius 1 is 1.00 bits per heavy atom. The van der Waals surface area contributed by atoms with Crippen molar-refractivity contribution in [2.24, 2.45) is 0 Å². The first-order chi connectivity index (χ1) is 10.8. The molecule has 116 valence electrons.